The number of rotatable bonds is 8. The van der Waals surface area contributed by atoms with Gasteiger partial charge < -0.3 is 14.5 Å². The molecule has 17 heavy (non-hydrogen) atoms. The zero-order valence-corrected chi connectivity index (χ0v) is 10.7. The van der Waals surface area contributed by atoms with Crippen LogP contribution in [-0.4, -0.2) is 38.3 Å². The Hall–Kier alpha value is -0.840. The molecule has 1 aromatic heterocycles. The number of hydrogen-bond donors (Lipinski definition) is 1. The van der Waals surface area contributed by atoms with Crippen LogP contribution in [0.3, 0.4) is 0 Å². The molecule has 0 radical (unpaired) electrons. The summed E-state index contributed by atoms with van der Waals surface area (Å²) in [6, 6.07) is 4.86. The third-order valence-corrected chi connectivity index (χ3v) is 2.96. The monoisotopic (exact) mass is 238 g/mol. The van der Waals surface area contributed by atoms with Gasteiger partial charge in [-0.25, -0.2) is 0 Å². The zero-order chi connectivity index (χ0) is 12.1. The minimum atomic E-state index is 0.730. The van der Waals surface area contributed by atoms with E-state index in [9.17, 15) is 0 Å². The summed E-state index contributed by atoms with van der Waals surface area (Å²) < 4.78 is 10.8. The molecule has 0 aromatic carbocycles. The van der Waals surface area contributed by atoms with Crippen molar-refractivity contribution < 1.29 is 9.15 Å². The minimum absolute atomic E-state index is 0.730. The summed E-state index contributed by atoms with van der Waals surface area (Å²) in [6.07, 6.45) is 2.63. The van der Waals surface area contributed by atoms with Crippen LogP contribution in [0.2, 0.25) is 0 Å². The van der Waals surface area contributed by atoms with Gasteiger partial charge in [-0.1, -0.05) is 0 Å². The van der Waals surface area contributed by atoms with Crippen molar-refractivity contribution in [3.05, 3.63) is 23.7 Å². The molecule has 2 rings (SSSR count). The second kappa shape index (κ2) is 6.19. The number of furan rings is 1. The molecule has 0 aliphatic heterocycles. The van der Waals surface area contributed by atoms with E-state index in [-0.39, 0.29) is 0 Å². The number of methoxy groups -OCH3 is 1. The van der Waals surface area contributed by atoms with Gasteiger partial charge in [-0.15, -0.1) is 0 Å². The maximum Gasteiger partial charge on any atom is 0.118 e. The highest BCUT2D eigenvalue weighted by atomic mass is 16.5. The van der Waals surface area contributed by atoms with E-state index in [0.29, 0.717) is 0 Å². The quantitative estimate of drug-likeness (QED) is 0.746. The molecule has 1 fully saturated rings. The normalized spacial score (nSPS) is 15.7. The molecule has 4 nitrogen and oxygen atoms in total. The van der Waals surface area contributed by atoms with Crippen LogP contribution in [0.1, 0.15) is 24.4 Å². The van der Waals surface area contributed by atoms with Gasteiger partial charge in [0.05, 0.1) is 19.7 Å². The van der Waals surface area contributed by atoms with Crippen LogP contribution in [0.25, 0.3) is 0 Å². The molecule has 1 N–H and O–H groups in total. The van der Waals surface area contributed by atoms with E-state index in [4.69, 9.17) is 9.15 Å². The van der Waals surface area contributed by atoms with Gasteiger partial charge >= 0.3 is 0 Å². The van der Waals surface area contributed by atoms with E-state index in [1.54, 1.807) is 7.11 Å². The first-order chi connectivity index (χ1) is 8.28. The highest BCUT2D eigenvalue weighted by molar-refractivity contribution is 5.07. The molecule has 1 heterocycles. The Morgan fingerprint density at radius 2 is 2.18 bits per heavy atom. The zero-order valence-electron chi connectivity index (χ0n) is 10.7. The summed E-state index contributed by atoms with van der Waals surface area (Å²) in [7, 11) is 3.80. The molecule has 1 aliphatic carbocycles. The van der Waals surface area contributed by atoms with Crippen LogP contribution < -0.4 is 5.32 Å². The predicted octanol–water partition coefficient (Wildman–Crippen LogP) is 1.61. The Labute approximate surface area is 103 Å². The summed E-state index contributed by atoms with van der Waals surface area (Å²) in [4.78, 5) is 2.19. The fourth-order valence-electron chi connectivity index (χ4n) is 1.73. The first kappa shape index (κ1) is 12.6. The Morgan fingerprint density at radius 3 is 2.88 bits per heavy atom. The largest absolute Gasteiger partial charge is 0.463 e. The van der Waals surface area contributed by atoms with Gasteiger partial charge in [-0.3, -0.25) is 4.90 Å². The van der Waals surface area contributed by atoms with Crippen molar-refractivity contribution in [3.63, 3.8) is 0 Å². The third kappa shape index (κ3) is 4.50. The van der Waals surface area contributed by atoms with Gasteiger partial charge in [0.2, 0.25) is 0 Å². The van der Waals surface area contributed by atoms with E-state index in [1.165, 1.54) is 12.8 Å². The van der Waals surface area contributed by atoms with Gasteiger partial charge in [0.15, 0.2) is 0 Å². The maximum absolute atomic E-state index is 5.77. The highest BCUT2D eigenvalue weighted by Gasteiger charge is 2.20. The van der Waals surface area contributed by atoms with Crippen molar-refractivity contribution >= 4 is 0 Å². The lowest BCUT2D eigenvalue weighted by atomic mass is 10.4. The van der Waals surface area contributed by atoms with Crippen LogP contribution in [0, 0.1) is 0 Å². The molecule has 1 aromatic rings. The van der Waals surface area contributed by atoms with Gasteiger partial charge in [0.25, 0.3) is 0 Å². The van der Waals surface area contributed by atoms with Crippen molar-refractivity contribution in [1.82, 2.24) is 10.2 Å². The van der Waals surface area contributed by atoms with Crippen molar-refractivity contribution in [2.24, 2.45) is 0 Å². The smallest absolute Gasteiger partial charge is 0.118 e. The van der Waals surface area contributed by atoms with Crippen LogP contribution >= 0.6 is 0 Å². The average Bonchev–Trinajstić information content (AvgIpc) is 3.05. The molecule has 0 saturated heterocycles. The molecule has 0 unspecified atom stereocenters. The van der Waals surface area contributed by atoms with Gasteiger partial charge in [-0.2, -0.15) is 0 Å². The van der Waals surface area contributed by atoms with Gasteiger partial charge in [-0.05, 0) is 32.0 Å². The highest BCUT2D eigenvalue weighted by Crippen LogP contribution is 2.19. The summed E-state index contributed by atoms with van der Waals surface area (Å²) in [5.74, 6) is 2.06. The standard InChI is InChI=1S/C13H22N2O2/c1-15(7-8-16-2)10-13-6-5-12(17-13)9-14-11-3-4-11/h5-6,11,14H,3-4,7-10H2,1-2H3. The summed E-state index contributed by atoms with van der Waals surface area (Å²) >= 11 is 0. The Kier molecular flexibility index (Phi) is 4.59. The molecule has 0 amide bonds. The summed E-state index contributed by atoms with van der Waals surface area (Å²) in [5, 5.41) is 3.45. The lowest BCUT2D eigenvalue weighted by Gasteiger charge is -2.13. The van der Waals surface area contributed by atoms with E-state index in [0.717, 1.165) is 43.8 Å². The van der Waals surface area contributed by atoms with Crippen LogP contribution in [-0.2, 0) is 17.8 Å². The molecular weight excluding hydrogens is 216 g/mol. The van der Waals surface area contributed by atoms with Crippen LogP contribution in [0.5, 0.6) is 0 Å². The molecular formula is C13H22N2O2. The molecule has 4 heteroatoms. The fraction of sp³-hybridized carbons (Fsp3) is 0.692. The van der Waals surface area contributed by atoms with Gasteiger partial charge in [0, 0.05) is 19.7 Å². The van der Waals surface area contributed by atoms with E-state index in [1.807, 2.05) is 0 Å². The van der Waals surface area contributed by atoms with Crippen LogP contribution in [0.4, 0.5) is 0 Å². The molecule has 1 aliphatic rings. The van der Waals surface area contributed by atoms with E-state index in [2.05, 4.69) is 29.4 Å². The van der Waals surface area contributed by atoms with Crippen molar-refractivity contribution in [1.29, 1.82) is 0 Å². The molecule has 96 valence electrons. The fourth-order valence-corrected chi connectivity index (χ4v) is 1.73. The van der Waals surface area contributed by atoms with E-state index < -0.39 is 0 Å². The Morgan fingerprint density at radius 1 is 1.41 bits per heavy atom. The third-order valence-electron chi connectivity index (χ3n) is 2.96. The Balaban J connectivity index is 1.72. The number of hydrogen-bond acceptors (Lipinski definition) is 4. The second-order valence-electron chi connectivity index (χ2n) is 4.75. The second-order valence-corrected chi connectivity index (χ2v) is 4.75. The molecule has 1 saturated carbocycles. The van der Waals surface area contributed by atoms with Crippen molar-refractivity contribution in [3.8, 4) is 0 Å². The predicted molar refractivity (Wildman–Crippen MR) is 66.8 cm³/mol. The topological polar surface area (TPSA) is 37.6 Å². The first-order valence-electron chi connectivity index (χ1n) is 6.26. The van der Waals surface area contributed by atoms with Crippen molar-refractivity contribution in [2.75, 3.05) is 27.3 Å². The summed E-state index contributed by atoms with van der Waals surface area (Å²) in [5.41, 5.74) is 0. The molecule has 0 spiro atoms. The summed E-state index contributed by atoms with van der Waals surface area (Å²) in [6.45, 7) is 3.37. The maximum atomic E-state index is 5.77. The number of likely N-dealkylation sites (N-methyl/N-ethyl adjacent to an activating group) is 1. The average molecular weight is 238 g/mol. The lowest BCUT2D eigenvalue weighted by molar-refractivity contribution is 0.154. The number of ether oxygens (including phenoxy) is 1. The lowest BCUT2D eigenvalue weighted by Crippen LogP contribution is -2.22. The van der Waals surface area contributed by atoms with E-state index >= 15 is 0 Å². The first-order valence-corrected chi connectivity index (χ1v) is 6.26. The number of nitrogens with one attached hydrogen (secondary N) is 1. The molecule has 0 atom stereocenters. The number of nitrogens with zero attached hydrogens (tertiary/aromatic N) is 1. The SMILES string of the molecule is COCCN(C)Cc1ccc(CNC2CC2)o1. The van der Waals surface area contributed by atoms with Crippen molar-refractivity contribution in [2.45, 2.75) is 32.0 Å². The van der Waals surface area contributed by atoms with Gasteiger partial charge in [0.1, 0.15) is 11.5 Å². The van der Waals surface area contributed by atoms with Crippen LogP contribution in [0.15, 0.2) is 16.5 Å². The minimum Gasteiger partial charge on any atom is -0.463 e. The Bertz CT molecular complexity index is 334. The molecule has 0 bridgehead atoms.